The molecule has 0 heterocycles. The Hall–Kier alpha value is -2.10. The molecule has 0 bridgehead atoms. The fraction of sp³-hybridized carbons (Fsp3) is 0.333. The molecule has 22 heavy (non-hydrogen) atoms. The predicted molar refractivity (Wildman–Crippen MR) is 82.5 cm³/mol. The van der Waals surface area contributed by atoms with E-state index in [1.54, 1.807) is 12.1 Å². The lowest BCUT2D eigenvalue weighted by Crippen LogP contribution is -2.04. The minimum atomic E-state index is -0.257. The molecule has 4 heteroatoms. The minimum absolute atomic E-state index is 0.257. The van der Waals surface area contributed by atoms with Crippen molar-refractivity contribution in [3.63, 3.8) is 0 Å². The van der Waals surface area contributed by atoms with Crippen molar-refractivity contribution >= 4 is 0 Å². The molecule has 0 aromatic heterocycles. The number of benzene rings is 2. The van der Waals surface area contributed by atoms with E-state index in [1.165, 1.54) is 24.3 Å². The molecule has 2 nitrogen and oxygen atoms in total. The van der Waals surface area contributed by atoms with Crippen LogP contribution in [0.25, 0.3) is 0 Å². The van der Waals surface area contributed by atoms with Gasteiger partial charge in [-0.1, -0.05) is 0 Å². The topological polar surface area (TPSA) is 18.5 Å². The summed E-state index contributed by atoms with van der Waals surface area (Å²) in [5.41, 5.74) is 1.58. The van der Waals surface area contributed by atoms with Gasteiger partial charge in [0.15, 0.2) is 0 Å². The van der Waals surface area contributed by atoms with Crippen LogP contribution in [0.5, 0.6) is 11.5 Å². The Labute approximate surface area is 129 Å². The monoisotopic (exact) mass is 306 g/mol. The van der Waals surface area contributed by atoms with Crippen molar-refractivity contribution in [2.75, 3.05) is 13.2 Å². The normalized spacial score (nSPS) is 10.5. The molecule has 0 aliphatic carbocycles. The van der Waals surface area contributed by atoms with Gasteiger partial charge in [-0.25, -0.2) is 8.78 Å². The molecule has 0 unspecified atom stereocenters. The molecule has 0 saturated heterocycles. The van der Waals surface area contributed by atoms with Crippen LogP contribution in [0.3, 0.4) is 0 Å². The molecule has 0 radical (unpaired) electrons. The van der Waals surface area contributed by atoms with Crippen LogP contribution in [0.15, 0.2) is 36.4 Å². The van der Waals surface area contributed by atoms with Crippen LogP contribution in [-0.4, -0.2) is 13.2 Å². The van der Waals surface area contributed by atoms with Crippen molar-refractivity contribution < 1.29 is 18.3 Å². The van der Waals surface area contributed by atoms with E-state index in [-0.39, 0.29) is 11.6 Å². The number of ether oxygens (including phenoxy) is 2. The van der Waals surface area contributed by atoms with Gasteiger partial charge in [-0.3, -0.25) is 0 Å². The zero-order valence-electron chi connectivity index (χ0n) is 12.9. The van der Waals surface area contributed by atoms with Crippen molar-refractivity contribution in [2.24, 2.45) is 0 Å². The zero-order valence-corrected chi connectivity index (χ0v) is 12.9. The van der Waals surface area contributed by atoms with Crippen molar-refractivity contribution in [3.8, 4) is 11.5 Å². The Morgan fingerprint density at radius 3 is 1.50 bits per heavy atom. The summed E-state index contributed by atoms with van der Waals surface area (Å²) in [5.74, 6) is 0.897. The molecule has 0 saturated carbocycles. The quantitative estimate of drug-likeness (QED) is 0.683. The molecule has 2 aromatic carbocycles. The number of halogens is 2. The first-order valence-corrected chi connectivity index (χ1v) is 7.34. The van der Waals surface area contributed by atoms with E-state index >= 15 is 0 Å². The van der Waals surface area contributed by atoms with Gasteiger partial charge in [-0.15, -0.1) is 0 Å². The van der Waals surface area contributed by atoms with E-state index < -0.39 is 0 Å². The highest BCUT2D eigenvalue weighted by Gasteiger charge is 2.02. The van der Waals surface area contributed by atoms with Crippen LogP contribution in [0.2, 0.25) is 0 Å². The number of aryl methyl sites for hydroxylation is 2. The Balaban J connectivity index is 1.67. The molecule has 118 valence electrons. The third-order valence-electron chi connectivity index (χ3n) is 3.33. The number of rotatable bonds is 7. The maximum Gasteiger partial charge on any atom is 0.123 e. The van der Waals surface area contributed by atoms with Crippen LogP contribution >= 0.6 is 0 Å². The van der Waals surface area contributed by atoms with Gasteiger partial charge in [-0.2, -0.15) is 0 Å². The van der Waals surface area contributed by atoms with E-state index in [0.29, 0.717) is 24.7 Å². The number of hydrogen-bond donors (Lipinski definition) is 0. The Bertz CT molecular complexity index is 571. The smallest absolute Gasteiger partial charge is 0.123 e. The van der Waals surface area contributed by atoms with Crippen LogP contribution in [0.1, 0.15) is 24.0 Å². The van der Waals surface area contributed by atoms with E-state index in [2.05, 4.69) is 0 Å². The highest BCUT2D eigenvalue weighted by molar-refractivity contribution is 5.33. The Kier molecular flexibility index (Phi) is 5.75. The van der Waals surface area contributed by atoms with Crippen molar-refractivity contribution in [2.45, 2.75) is 26.7 Å². The molecule has 0 atom stereocenters. The van der Waals surface area contributed by atoms with Crippen molar-refractivity contribution in [3.05, 3.63) is 59.2 Å². The van der Waals surface area contributed by atoms with E-state index in [0.717, 1.165) is 24.0 Å². The molecule has 0 N–H and O–H groups in total. The Morgan fingerprint density at radius 1 is 0.727 bits per heavy atom. The standard InChI is InChI=1S/C18H20F2O2/c1-13-11-15(19)5-7-17(13)21-9-3-4-10-22-18-8-6-16(20)12-14(18)2/h5-8,11-12H,3-4,9-10H2,1-2H3. The third kappa shape index (κ3) is 4.72. The fourth-order valence-electron chi connectivity index (χ4n) is 2.12. The summed E-state index contributed by atoms with van der Waals surface area (Å²) in [6.45, 7) is 4.74. The van der Waals surface area contributed by atoms with Crippen LogP contribution in [-0.2, 0) is 0 Å². The third-order valence-corrected chi connectivity index (χ3v) is 3.33. The Morgan fingerprint density at radius 2 is 1.14 bits per heavy atom. The van der Waals surface area contributed by atoms with E-state index in [1.807, 2.05) is 13.8 Å². The SMILES string of the molecule is Cc1cc(F)ccc1OCCCCOc1ccc(F)cc1C. The lowest BCUT2D eigenvalue weighted by atomic mass is 10.2. The first-order chi connectivity index (χ1) is 10.6. The summed E-state index contributed by atoms with van der Waals surface area (Å²) in [6.07, 6.45) is 1.66. The minimum Gasteiger partial charge on any atom is -0.493 e. The second kappa shape index (κ2) is 7.78. The average Bonchev–Trinajstić information content (AvgIpc) is 2.46. The van der Waals surface area contributed by atoms with Crippen molar-refractivity contribution in [1.82, 2.24) is 0 Å². The summed E-state index contributed by atoms with van der Waals surface area (Å²) in [6, 6.07) is 8.98. The van der Waals surface area contributed by atoms with Crippen LogP contribution in [0.4, 0.5) is 8.78 Å². The summed E-state index contributed by atoms with van der Waals surface area (Å²) >= 11 is 0. The summed E-state index contributed by atoms with van der Waals surface area (Å²) < 4.78 is 37.1. The van der Waals surface area contributed by atoms with E-state index in [4.69, 9.17) is 9.47 Å². The lowest BCUT2D eigenvalue weighted by Gasteiger charge is -2.10. The molecule has 0 aliphatic heterocycles. The van der Waals surface area contributed by atoms with Gasteiger partial charge >= 0.3 is 0 Å². The molecular weight excluding hydrogens is 286 g/mol. The van der Waals surface area contributed by atoms with Gasteiger partial charge < -0.3 is 9.47 Å². The average molecular weight is 306 g/mol. The molecule has 0 aliphatic rings. The predicted octanol–water partition coefficient (Wildman–Crippen LogP) is 4.82. The fourth-order valence-corrected chi connectivity index (χ4v) is 2.12. The highest BCUT2D eigenvalue weighted by Crippen LogP contribution is 2.20. The van der Waals surface area contributed by atoms with Gasteiger partial charge in [0.05, 0.1) is 13.2 Å². The number of unbranched alkanes of at least 4 members (excludes halogenated alkanes) is 1. The zero-order chi connectivity index (χ0) is 15.9. The first kappa shape index (κ1) is 16.3. The largest absolute Gasteiger partial charge is 0.493 e. The first-order valence-electron chi connectivity index (χ1n) is 7.34. The van der Waals surface area contributed by atoms with Crippen molar-refractivity contribution in [1.29, 1.82) is 0 Å². The maximum atomic E-state index is 13.0. The summed E-state index contributed by atoms with van der Waals surface area (Å²) in [4.78, 5) is 0. The molecule has 2 aromatic rings. The second-order valence-electron chi connectivity index (χ2n) is 5.22. The van der Waals surface area contributed by atoms with Gasteiger partial charge in [0.25, 0.3) is 0 Å². The maximum absolute atomic E-state index is 13.0. The van der Waals surface area contributed by atoms with Gasteiger partial charge in [0.2, 0.25) is 0 Å². The summed E-state index contributed by atoms with van der Waals surface area (Å²) in [5, 5.41) is 0. The summed E-state index contributed by atoms with van der Waals surface area (Å²) in [7, 11) is 0. The molecule has 0 fully saturated rings. The van der Waals surface area contributed by atoms with E-state index in [9.17, 15) is 8.78 Å². The molecule has 0 spiro atoms. The van der Waals surface area contributed by atoms with Gasteiger partial charge in [0, 0.05) is 0 Å². The lowest BCUT2D eigenvalue weighted by molar-refractivity contribution is 0.264. The number of hydrogen-bond acceptors (Lipinski definition) is 2. The molecular formula is C18H20F2O2. The van der Waals surface area contributed by atoms with Crippen LogP contribution < -0.4 is 9.47 Å². The van der Waals surface area contributed by atoms with Gasteiger partial charge in [-0.05, 0) is 74.2 Å². The molecule has 0 amide bonds. The van der Waals surface area contributed by atoms with Gasteiger partial charge in [0.1, 0.15) is 23.1 Å². The highest BCUT2D eigenvalue weighted by atomic mass is 19.1. The second-order valence-corrected chi connectivity index (χ2v) is 5.22. The van der Waals surface area contributed by atoms with Crippen LogP contribution in [0, 0.1) is 25.5 Å². The molecule has 2 rings (SSSR count).